The van der Waals surface area contributed by atoms with Gasteiger partial charge in [0.25, 0.3) is 5.91 Å². The lowest BCUT2D eigenvalue weighted by molar-refractivity contribution is 0.0969. The summed E-state index contributed by atoms with van der Waals surface area (Å²) >= 11 is 1.06. The maximum atomic E-state index is 14.1. The van der Waals surface area contributed by atoms with Crippen molar-refractivity contribution in [1.29, 1.82) is 0 Å². The summed E-state index contributed by atoms with van der Waals surface area (Å²) in [4.78, 5) is 45.8. The van der Waals surface area contributed by atoms with E-state index in [1.807, 2.05) is 13.8 Å². The fourth-order valence-electron chi connectivity index (χ4n) is 4.51. The van der Waals surface area contributed by atoms with Crippen LogP contribution in [0.25, 0.3) is 11.0 Å². The van der Waals surface area contributed by atoms with Gasteiger partial charge in [0.1, 0.15) is 11.4 Å². The normalized spacial score (nSPS) is 14.8. The Morgan fingerprint density at radius 3 is 2.51 bits per heavy atom. The molecule has 1 unspecified atom stereocenters. The number of aryl methyl sites for hydroxylation is 1. The molecule has 0 radical (unpaired) electrons. The second-order valence-electron chi connectivity index (χ2n) is 8.43. The highest BCUT2D eigenvalue weighted by atomic mass is 32.1. The minimum Gasteiger partial charge on any atom is -0.490 e. The molecule has 1 aliphatic heterocycles. The molecule has 2 aromatic carbocycles. The molecule has 190 valence electrons. The molecule has 1 amide bonds. The number of nitrogens with zero attached hydrogens (tertiary/aromatic N) is 2. The molecule has 0 saturated carbocycles. The van der Waals surface area contributed by atoms with Crippen LogP contribution in [0.4, 0.5) is 9.52 Å². The molecule has 0 saturated heterocycles. The molecule has 4 aromatic rings. The van der Waals surface area contributed by atoms with Gasteiger partial charge in [-0.2, -0.15) is 0 Å². The Hall–Kier alpha value is -4.05. The number of hydrogen-bond donors (Lipinski definition) is 0. The first-order chi connectivity index (χ1) is 17.7. The lowest BCUT2D eigenvalue weighted by Crippen LogP contribution is -2.29. The van der Waals surface area contributed by atoms with Crippen molar-refractivity contribution in [3.63, 3.8) is 0 Å². The Balaban J connectivity index is 1.79. The first kappa shape index (κ1) is 24.6. The number of carbonyl (C=O) groups excluding carboxylic acids is 2. The van der Waals surface area contributed by atoms with Crippen LogP contribution in [0, 0.1) is 12.7 Å². The highest BCUT2D eigenvalue weighted by Crippen LogP contribution is 2.44. The molecule has 0 fully saturated rings. The first-order valence-electron chi connectivity index (χ1n) is 11.7. The van der Waals surface area contributed by atoms with Crippen molar-refractivity contribution in [3.05, 3.63) is 79.9 Å². The van der Waals surface area contributed by atoms with Crippen LogP contribution >= 0.6 is 11.3 Å². The number of ketones is 1. The molecule has 2 aromatic heterocycles. The number of amides is 1. The largest absolute Gasteiger partial charge is 0.490 e. The molecule has 3 heterocycles. The van der Waals surface area contributed by atoms with Crippen LogP contribution in [0.3, 0.4) is 0 Å². The zero-order chi connectivity index (χ0) is 26.4. The van der Waals surface area contributed by atoms with Gasteiger partial charge in [0, 0.05) is 6.92 Å². The number of aromatic nitrogens is 1. The number of benzene rings is 2. The van der Waals surface area contributed by atoms with E-state index in [4.69, 9.17) is 13.9 Å². The van der Waals surface area contributed by atoms with Crippen molar-refractivity contribution in [3.8, 4) is 11.5 Å². The van der Waals surface area contributed by atoms with Crippen molar-refractivity contribution in [2.75, 3.05) is 18.1 Å². The fourth-order valence-corrected chi connectivity index (χ4v) is 5.50. The molecule has 0 spiro atoms. The zero-order valence-electron chi connectivity index (χ0n) is 20.6. The predicted molar refractivity (Wildman–Crippen MR) is 137 cm³/mol. The third kappa shape index (κ3) is 4.07. The number of carbonyl (C=O) groups is 2. The van der Waals surface area contributed by atoms with Crippen LogP contribution < -0.4 is 19.8 Å². The summed E-state index contributed by atoms with van der Waals surface area (Å²) in [6.45, 7) is 7.58. The Labute approximate surface area is 215 Å². The van der Waals surface area contributed by atoms with E-state index in [0.717, 1.165) is 23.5 Å². The summed E-state index contributed by atoms with van der Waals surface area (Å²) in [7, 11) is 0. The topological polar surface area (TPSA) is 98.9 Å². The lowest BCUT2D eigenvalue weighted by atomic mass is 9.98. The van der Waals surface area contributed by atoms with Gasteiger partial charge in [-0.1, -0.05) is 17.4 Å². The monoisotopic (exact) mass is 522 g/mol. The average Bonchev–Trinajstić information content (AvgIpc) is 3.38. The number of thiazole rings is 1. The Kier molecular flexibility index (Phi) is 6.28. The van der Waals surface area contributed by atoms with E-state index in [1.165, 1.54) is 17.9 Å². The second kappa shape index (κ2) is 9.44. The van der Waals surface area contributed by atoms with Gasteiger partial charge in [0.2, 0.25) is 5.76 Å². The van der Waals surface area contributed by atoms with Gasteiger partial charge >= 0.3 is 0 Å². The Bertz CT molecular complexity index is 1630. The van der Waals surface area contributed by atoms with Crippen LogP contribution in [0.5, 0.6) is 11.5 Å². The maximum absolute atomic E-state index is 14.1. The second-order valence-corrected chi connectivity index (χ2v) is 9.41. The number of hydrogen-bond acceptors (Lipinski definition) is 8. The minimum absolute atomic E-state index is 0.0223. The molecular weight excluding hydrogens is 499 g/mol. The van der Waals surface area contributed by atoms with E-state index in [2.05, 4.69) is 4.98 Å². The van der Waals surface area contributed by atoms with Gasteiger partial charge in [0.05, 0.1) is 40.8 Å². The van der Waals surface area contributed by atoms with Crippen LogP contribution in [-0.4, -0.2) is 29.9 Å². The summed E-state index contributed by atoms with van der Waals surface area (Å²) in [5.41, 5.74) is 0.651. The van der Waals surface area contributed by atoms with Gasteiger partial charge in [-0.05, 0) is 56.7 Å². The summed E-state index contributed by atoms with van der Waals surface area (Å²) in [6.07, 6.45) is 0. The highest BCUT2D eigenvalue weighted by Gasteiger charge is 2.45. The quantitative estimate of drug-likeness (QED) is 0.298. The van der Waals surface area contributed by atoms with Crippen LogP contribution in [0.1, 0.15) is 63.9 Å². The van der Waals surface area contributed by atoms with Crippen molar-refractivity contribution in [2.24, 2.45) is 0 Å². The molecule has 5 rings (SSSR count). The molecule has 10 heteroatoms. The van der Waals surface area contributed by atoms with Crippen LogP contribution in [0.2, 0.25) is 0 Å². The van der Waals surface area contributed by atoms with E-state index >= 15 is 0 Å². The number of anilines is 1. The standard InChI is InChI=1S/C27H23FN2O6S/c1-5-34-19-9-7-15(11-20(19)35-6-2)22-21-23(32)17-12-16(28)8-10-18(17)36-24(21)26(33)30(22)27-29-13(3)25(37-27)14(4)31/h7-12,22H,5-6H2,1-4H3. The van der Waals surface area contributed by atoms with E-state index < -0.39 is 23.2 Å². The third-order valence-electron chi connectivity index (χ3n) is 6.03. The number of fused-ring (bicyclic) bond motifs is 2. The molecule has 8 nitrogen and oxygen atoms in total. The van der Waals surface area contributed by atoms with Gasteiger partial charge in [-0.25, -0.2) is 9.37 Å². The summed E-state index contributed by atoms with van der Waals surface area (Å²) in [5.74, 6) is -0.562. The number of rotatable bonds is 7. The highest BCUT2D eigenvalue weighted by molar-refractivity contribution is 7.17. The van der Waals surface area contributed by atoms with Crippen LogP contribution in [-0.2, 0) is 0 Å². The average molecular weight is 523 g/mol. The number of halogens is 1. The maximum Gasteiger partial charge on any atom is 0.297 e. The summed E-state index contributed by atoms with van der Waals surface area (Å²) in [6, 6.07) is 7.77. The lowest BCUT2D eigenvalue weighted by Gasteiger charge is -2.23. The molecular formula is C27H23FN2O6S. The van der Waals surface area contributed by atoms with E-state index in [-0.39, 0.29) is 33.2 Å². The van der Waals surface area contributed by atoms with Crippen molar-refractivity contribution < 1.29 is 27.9 Å². The van der Waals surface area contributed by atoms with Gasteiger partial charge in [-0.3, -0.25) is 19.3 Å². The van der Waals surface area contributed by atoms with E-state index in [0.29, 0.717) is 40.8 Å². The molecule has 0 aliphatic carbocycles. The molecule has 0 bridgehead atoms. The molecule has 1 atom stereocenters. The molecule has 0 N–H and O–H groups in total. The van der Waals surface area contributed by atoms with E-state index in [1.54, 1.807) is 25.1 Å². The fraction of sp³-hybridized carbons (Fsp3) is 0.259. The van der Waals surface area contributed by atoms with Crippen LogP contribution in [0.15, 0.2) is 45.6 Å². The van der Waals surface area contributed by atoms with Gasteiger partial charge < -0.3 is 13.9 Å². The number of Topliss-reactive ketones (excluding diaryl/α,β-unsaturated/α-hetero) is 1. The van der Waals surface area contributed by atoms with Crippen molar-refractivity contribution >= 4 is 39.1 Å². The summed E-state index contributed by atoms with van der Waals surface area (Å²) < 4.78 is 31.4. The Morgan fingerprint density at radius 1 is 1.11 bits per heavy atom. The SMILES string of the molecule is CCOc1ccc(C2c3c(oc4ccc(F)cc4c3=O)C(=O)N2c2nc(C)c(C(C)=O)s2)cc1OCC. The van der Waals surface area contributed by atoms with Crippen molar-refractivity contribution in [1.82, 2.24) is 4.98 Å². The number of ether oxygens (including phenoxy) is 2. The predicted octanol–water partition coefficient (Wildman–Crippen LogP) is 5.45. The summed E-state index contributed by atoms with van der Waals surface area (Å²) in [5, 5.41) is 0.264. The smallest absolute Gasteiger partial charge is 0.297 e. The molecule has 1 aliphatic rings. The van der Waals surface area contributed by atoms with E-state index in [9.17, 15) is 18.8 Å². The molecule has 37 heavy (non-hydrogen) atoms. The minimum atomic E-state index is -0.952. The third-order valence-corrected chi connectivity index (χ3v) is 7.28. The van der Waals surface area contributed by atoms with Crippen molar-refractivity contribution in [2.45, 2.75) is 33.7 Å². The van der Waals surface area contributed by atoms with Gasteiger partial charge in [-0.15, -0.1) is 0 Å². The van der Waals surface area contributed by atoms with Gasteiger partial charge in [0.15, 0.2) is 27.8 Å². The Morgan fingerprint density at radius 2 is 1.84 bits per heavy atom. The zero-order valence-corrected chi connectivity index (χ0v) is 21.4. The first-order valence-corrected chi connectivity index (χ1v) is 12.5.